The minimum Gasteiger partial charge on any atom is -0.309 e. The lowest BCUT2D eigenvalue weighted by molar-refractivity contribution is 0.316. The number of rotatable bonds is 9. The third-order valence-corrected chi connectivity index (χ3v) is 4.38. The molecule has 20 heavy (non-hydrogen) atoms. The van der Waals surface area contributed by atoms with Crippen LogP contribution in [0.25, 0.3) is 0 Å². The zero-order valence-corrected chi connectivity index (χ0v) is 13.4. The third-order valence-electron chi connectivity index (χ3n) is 4.38. The van der Waals surface area contributed by atoms with Crippen molar-refractivity contribution in [3.63, 3.8) is 0 Å². The van der Waals surface area contributed by atoms with Crippen molar-refractivity contribution in [3.8, 4) is 0 Å². The largest absolute Gasteiger partial charge is 0.309 e. The first-order valence-electron chi connectivity index (χ1n) is 8.23. The van der Waals surface area contributed by atoms with Gasteiger partial charge in [-0.05, 0) is 50.8 Å². The van der Waals surface area contributed by atoms with E-state index in [1.54, 1.807) is 0 Å². The van der Waals surface area contributed by atoms with E-state index < -0.39 is 0 Å². The highest BCUT2D eigenvalue weighted by atomic mass is 15.2. The van der Waals surface area contributed by atoms with Crippen molar-refractivity contribution >= 4 is 0 Å². The van der Waals surface area contributed by atoms with Gasteiger partial charge in [-0.15, -0.1) is 0 Å². The van der Waals surface area contributed by atoms with Gasteiger partial charge in [-0.2, -0.15) is 0 Å². The Hall–Kier alpha value is -0.860. The Kier molecular flexibility index (Phi) is 6.06. The Balaban J connectivity index is 1.72. The molecule has 0 bridgehead atoms. The molecule has 1 unspecified atom stereocenters. The van der Waals surface area contributed by atoms with Crippen molar-refractivity contribution < 1.29 is 0 Å². The van der Waals surface area contributed by atoms with Crippen LogP contribution < -0.4 is 5.32 Å². The molecule has 2 heteroatoms. The Morgan fingerprint density at radius 2 is 1.95 bits per heavy atom. The van der Waals surface area contributed by atoms with Crippen molar-refractivity contribution in [2.75, 3.05) is 20.1 Å². The number of nitrogens with zero attached hydrogens (tertiary/aromatic N) is 1. The van der Waals surface area contributed by atoms with E-state index in [0.29, 0.717) is 6.04 Å². The molecule has 0 amide bonds. The molecule has 1 N–H and O–H groups in total. The fourth-order valence-corrected chi connectivity index (χ4v) is 2.63. The van der Waals surface area contributed by atoms with Crippen LogP contribution in [-0.2, 0) is 6.42 Å². The summed E-state index contributed by atoms with van der Waals surface area (Å²) < 4.78 is 0. The normalized spacial score (nSPS) is 16.6. The molecule has 0 spiro atoms. The summed E-state index contributed by atoms with van der Waals surface area (Å²) >= 11 is 0. The molecule has 1 aromatic rings. The Bertz CT molecular complexity index is 381. The van der Waals surface area contributed by atoms with Gasteiger partial charge in [0.15, 0.2) is 0 Å². The summed E-state index contributed by atoms with van der Waals surface area (Å²) in [6.45, 7) is 6.74. The average Bonchev–Trinajstić information content (AvgIpc) is 3.30. The van der Waals surface area contributed by atoms with E-state index in [2.05, 4.69) is 55.4 Å². The lowest BCUT2D eigenvalue weighted by Crippen LogP contribution is -2.31. The van der Waals surface area contributed by atoms with Gasteiger partial charge in [0.25, 0.3) is 0 Å². The smallest absolute Gasteiger partial charge is 0.0292 e. The molecule has 0 heterocycles. The zero-order chi connectivity index (χ0) is 14.4. The standard InChI is InChI=1S/C18H30N2/c1-4-5-6-16-7-9-17(10-8-16)15(2)19-13-14-20(3)18-11-12-18/h7-10,15,18-19H,4-6,11-14H2,1-3H3. The molecular formula is C18H30N2. The van der Waals surface area contributed by atoms with Crippen LogP contribution >= 0.6 is 0 Å². The second-order valence-corrected chi connectivity index (χ2v) is 6.23. The van der Waals surface area contributed by atoms with Crippen molar-refractivity contribution in [3.05, 3.63) is 35.4 Å². The van der Waals surface area contributed by atoms with Gasteiger partial charge in [-0.25, -0.2) is 0 Å². The Morgan fingerprint density at radius 3 is 2.55 bits per heavy atom. The third kappa shape index (κ3) is 4.92. The Labute approximate surface area is 124 Å². The number of likely N-dealkylation sites (N-methyl/N-ethyl adjacent to an activating group) is 1. The molecule has 1 aliphatic rings. The molecule has 1 fully saturated rings. The van der Waals surface area contributed by atoms with E-state index in [4.69, 9.17) is 0 Å². The van der Waals surface area contributed by atoms with Gasteiger partial charge in [0.2, 0.25) is 0 Å². The van der Waals surface area contributed by atoms with Gasteiger partial charge in [-0.1, -0.05) is 37.6 Å². The summed E-state index contributed by atoms with van der Waals surface area (Å²) in [6, 6.07) is 10.5. The maximum atomic E-state index is 3.63. The van der Waals surface area contributed by atoms with Gasteiger partial charge in [0.1, 0.15) is 0 Å². The number of unbranched alkanes of at least 4 members (excludes halogenated alkanes) is 1. The predicted octanol–water partition coefficient (Wildman–Crippen LogP) is 3.77. The maximum Gasteiger partial charge on any atom is 0.0292 e. The summed E-state index contributed by atoms with van der Waals surface area (Å²) in [7, 11) is 2.24. The van der Waals surface area contributed by atoms with Crippen LogP contribution in [0.3, 0.4) is 0 Å². The minimum atomic E-state index is 0.447. The van der Waals surface area contributed by atoms with E-state index in [9.17, 15) is 0 Å². The summed E-state index contributed by atoms with van der Waals surface area (Å²) in [5.41, 5.74) is 2.87. The molecule has 2 nitrogen and oxygen atoms in total. The zero-order valence-electron chi connectivity index (χ0n) is 13.4. The van der Waals surface area contributed by atoms with E-state index in [-0.39, 0.29) is 0 Å². The first-order chi connectivity index (χ1) is 9.70. The summed E-state index contributed by atoms with van der Waals surface area (Å²) in [5, 5.41) is 3.63. The number of aryl methyl sites for hydroxylation is 1. The van der Waals surface area contributed by atoms with Crippen LogP contribution in [0.5, 0.6) is 0 Å². The SMILES string of the molecule is CCCCc1ccc(C(C)NCCN(C)C2CC2)cc1. The Morgan fingerprint density at radius 1 is 1.25 bits per heavy atom. The van der Waals surface area contributed by atoms with Crippen LogP contribution in [0.1, 0.15) is 56.7 Å². The number of benzene rings is 1. The van der Waals surface area contributed by atoms with Crippen LogP contribution in [-0.4, -0.2) is 31.1 Å². The number of hydrogen-bond acceptors (Lipinski definition) is 2. The van der Waals surface area contributed by atoms with Gasteiger partial charge in [0, 0.05) is 25.2 Å². The summed E-state index contributed by atoms with van der Waals surface area (Å²) in [6.07, 6.45) is 6.57. The highest BCUT2D eigenvalue weighted by Crippen LogP contribution is 2.24. The molecule has 0 saturated heterocycles. The topological polar surface area (TPSA) is 15.3 Å². The lowest BCUT2D eigenvalue weighted by atomic mass is 10.0. The van der Waals surface area contributed by atoms with Crippen molar-refractivity contribution in [1.29, 1.82) is 0 Å². The van der Waals surface area contributed by atoms with Crippen molar-refractivity contribution in [2.24, 2.45) is 0 Å². The highest BCUT2D eigenvalue weighted by molar-refractivity contribution is 5.24. The second-order valence-electron chi connectivity index (χ2n) is 6.23. The quantitative estimate of drug-likeness (QED) is 0.737. The van der Waals surface area contributed by atoms with Crippen LogP contribution in [0.2, 0.25) is 0 Å². The first-order valence-corrected chi connectivity index (χ1v) is 8.23. The van der Waals surface area contributed by atoms with Gasteiger partial charge in [-0.3, -0.25) is 0 Å². The van der Waals surface area contributed by atoms with Gasteiger partial charge >= 0.3 is 0 Å². The van der Waals surface area contributed by atoms with Crippen molar-refractivity contribution in [2.45, 2.75) is 58.0 Å². The van der Waals surface area contributed by atoms with Crippen LogP contribution in [0.4, 0.5) is 0 Å². The number of nitrogens with one attached hydrogen (secondary N) is 1. The fraction of sp³-hybridized carbons (Fsp3) is 0.667. The summed E-state index contributed by atoms with van der Waals surface area (Å²) in [5.74, 6) is 0. The highest BCUT2D eigenvalue weighted by Gasteiger charge is 2.25. The molecule has 1 aliphatic carbocycles. The van der Waals surface area contributed by atoms with E-state index >= 15 is 0 Å². The predicted molar refractivity (Wildman–Crippen MR) is 87.1 cm³/mol. The summed E-state index contributed by atoms with van der Waals surface area (Å²) in [4.78, 5) is 2.48. The molecule has 2 rings (SSSR count). The second kappa shape index (κ2) is 7.80. The van der Waals surface area contributed by atoms with E-state index in [1.807, 2.05) is 0 Å². The molecule has 0 aliphatic heterocycles. The molecular weight excluding hydrogens is 244 g/mol. The molecule has 1 atom stereocenters. The van der Waals surface area contributed by atoms with Crippen LogP contribution in [0, 0.1) is 0 Å². The van der Waals surface area contributed by atoms with Gasteiger partial charge < -0.3 is 10.2 Å². The van der Waals surface area contributed by atoms with Gasteiger partial charge in [0.05, 0.1) is 0 Å². The molecule has 1 aromatic carbocycles. The van der Waals surface area contributed by atoms with Crippen LogP contribution in [0.15, 0.2) is 24.3 Å². The van der Waals surface area contributed by atoms with Crippen molar-refractivity contribution in [1.82, 2.24) is 10.2 Å². The molecule has 0 radical (unpaired) electrons. The molecule has 1 saturated carbocycles. The molecule has 112 valence electrons. The monoisotopic (exact) mass is 274 g/mol. The molecule has 0 aromatic heterocycles. The number of hydrogen-bond donors (Lipinski definition) is 1. The lowest BCUT2D eigenvalue weighted by Gasteiger charge is -2.19. The maximum absolute atomic E-state index is 3.63. The minimum absolute atomic E-state index is 0.447. The average molecular weight is 274 g/mol. The van der Waals surface area contributed by atoms with E-state index in [1.165, 1.54) is 43.2 Å². The van der Waals surface area contributed by atoms with E-state index in [0.717, 1.165) is 19.1 Å². The fourth-order valence-electron chi connectivity index (χ4n) is 2.63. The first kappa shape index (κ1) is 15.5.